The molecule has 154 valence electrons. The van der Waals surface area contributed by atoms with Crippen molar-refractivity contribution in [3.63, 3.8) is 0 Å². The van der Waals surface area contributed by atoms with Gasteiger partial charge in [0, 0.05) is 24.5 Å². The number of aromatic nitrogens is 4. The number of nitrogens with zero attached hydrogens (tertiary/aromatic N) is 4. The summed E-state index contributed by atoms with van der Waals surface area (Å²) in [5.74, 6) is 1.31. The van der Waals surface area contributed by atoms with Gasteiger partial charge < -0.3 is 5.32 Å². The first-order valence-electron chi connectivity index (χ1n) is 10.9. The molecule has 5 rings (SSSR count). The highest BCUT2D eigenvalue weighted by molar-refractivity contribution is 5.66. The van der Waals surface area contributed by atoms with Crippen LogP contribution >= 0.6 is 0 Å². The molecule has 1 aliphatic heterocycles. The van der Waals surface area contributed by atoms with Crippen LogP contribution in [0.1, 0.15) is 47.7 Å². The third kappa shape index (κ3) is 4.83. The summed E-state index contributed by atoms with van der Waals surface area (Å²) in [6.45, 7) is 3.32. The van der Waals surface area contributed by atoms with Crippen LogP contribution in [-0.2, 0) is 6.54 Å². The number of piperidine rings is 1. The molecule has 2 fully saturated rings. The van der Waals surface area contributed by atoms with Crippen molar-refractivity contribution >= 4 is 12.2 Å². The van der Waals surface area contributed by atoms with Crippen LogP contribution in [-0.4, -0.2) is 50.7 Å². The Morgan fingerprint density at radius 2 is 1.90 bits per heavy atom. The lowest BCUT2D eigenvalue weighted by Crippen LogP contribution is -2.43. The lowest BCUT2D eigenvalue weighted by atomic mass is 10.0. The second-order valence-electron chi connectivity index (χ2n) is 8.42. The van der Waals surface area contributed by atoms with Crippen molar-refractivity contribution < 1.29 is 0 Å². The highest BCUT2D eigenvalue weighted by atomic mass is 15.5. The summed E-state index contributed by atoms with van der Waals surface area (Å²) in [7, 11) is 0. The summed E-state index contributed by atoms with van der Waals surface area (Å²) in [4.78, 5) is 2.57. The molecule has 1 saturated heterocycles. The molecule has 6 heteroatoms. The average Bonchev–Trinajstić information content (AvgIpc) is 3.35. The minimum Gasteiger partial charge on any atom is -0.311 e. The van der Waals surface area contributed by atoms with Crippen molar-refractivity contribution in [1.29, 1.82) is 0 Å². The molecule has 1 aliphatic carbocycles. The van der Waals surface area contributed by atoms with E-state index in [9.17, 15) is 0 Å². The van der Waals surface area contributed by atoms with Gasteiger partial charge in [-0.3, -0.25) is 4.90 Å². The smallest absolute Gasteiger partial charge is 0.197 e. The molecule has 0 radical (unpaired) electrons. The fourth-order valence-corrected chi connectivity index (χ4v) is 4.47. The van der Waals surface area contributed by atoms with Crippen molar-refractivity contribution in [3.05, 3.63) is 77.1 Å². The Labute approximate surface area is 177 Å². The van der Waals surface area contributed by atoms with Crippen LogP contribution in [0, 0.1) is 0 Å². The van der Waals surface area contributed by atoms with Gasteiger partial charge in [-0.05, 0) is 60.3 Å². The Morgan fingerprint density at radius 1 is 1.03 bits per heavy atom. The number of benzene rings is 2. The van der Waals surface area contributed by atoms with E-state index >= 15 is 0 Å². The Hall–Kier alpha value is -2.83. The van der Waals surface area contributed by atoms with Crippen LogP contribution in [0.15, 0.2) is 54.6 Å². The first-order valence-corrected chi connectivity index (χ1v) is 10.9. The molecule has 0 spiro atoms. The molecule has 0 unspecified atom stereocenters. The van der Waals surface area contributed by atoms with Gasteiger partial charge in [0.25, 0.3) is 0 Å². The fourth-order valence-electron chi connectivity index (χ4n) is 4.47. The standard InChI is InChI=1S/C24H28N6/c1-2-7-20(8-3-1)22-16-23(22)25-21-11-13-30(14-12-21)17-19-6-4-5-18(15-19)9-10-24-26-28-29-27-24/h1-10,15,21-23,25H,11-14,16-17H2,(H,26,27,28,29)/b10-9+/t22-,23+/m0/s1. The van der Waals surface area contributed by atoms with Crippen LogP contribution in [0.25, 0.3) is 12.2 Å². The largest absolute Gasteiger partial charge is 0.311 e. The Balaban J connectivity index is 1.09. The third-order valence-electron chi connectivity index (χ3n) is 6.20. The van der Waals surface area contributed by atoms with Gasteiger partial charge in [-0.1, -0.05) is 60.7 Å². The monoisotopic (exact) mass is 400 g/mol. The van der Waals surface area contributed by atoms with E-state index in [1.54, 1.807) is 0 Å². The number of rotatable bonds is 7. The third-order valence-corrected chi connectivity index (χ3v) is 6.20. The Bertz CT molecular complexity index is 960. The van der Waals surface area contributed by atoms with E-state index in [-0.39, 0.29) is 0 Å². The molecule has 0 amide bonds. The molecular weight excluding hydrogens is 372 g/mol. The minimum atomic E-state index is 0.597. The van der Waals surface area contributed by atoms with Crippen molar-refractivity contribution in [2.75, 3.05) is 13.1 Å². The summed E-state index contributed by atoms with van der Waals surface area (Å²) in [6, 6.07) is 20.9. The highest BCUT2D eigenvalue weighted by Crippen LogP contribution is 2.41. The summed E-state index contributed by atoms with van der Waals surface area (Å²) < 4.78 is 0. The minimum absolute atomic E-state index is 0.597. The lowest BCUT2D eigenvalue weighted by Gasteiger charge is -2.32. The lowest BCUT2D eigenvalue weighted by molar-refractivity contribution is 0.189. The van der Waals surface area contributed by atoms with Crippen molar-refractivity contribution in [1.82, 2.24) is 30.8 Å². The summed E-state index contributed by atoms with van der Waals surface area (Å²) >= 11 is 0. The second kappa shape index (κ2) is 8.90. The molecule has 2 aliphatic rings. The zero-order valence-corrected chi connectivity index (χ0v) is 17.1. The average molecular weight is 401 g/mol. The van der Waals surface area contributed by atoms with Crippen molar-refractivity contribution in [2.45, 2.75) is 43.8 Å². The number of aromatic amines is 1. The molecule has 30 heavy (non-hydrogen) atoms. The molecule has 3 aromatic rings. The van der Waals surface area contributed by atoms with Crippen LogP contribution in [0.3, 0.4) is 0 Å². The zero-order valence-electron chi connectivity index (χ0n) is 17.1. The van der Waals surface area contributed by atoms with Gasteiger partial charge in [0.1, 0.15) is 0 Å². The van der Waals surface area contributed by atoms with Crippen LogP contribution in [0.5, 0.6) is 0 Å². The van der Waals surface area contributed by atoms with E-state index in [0.29, 0.717) is 23.8 Å². The van der Waals surface area contributed by atoms with Gasteiger partial charge >= 0.3 is 0 Å². The maximum absolute atomic E-state index is 3.95. The maximum atomic E-state index is 3.95. The molecule has 0 bridgehead atoms. The van der Waals surface area contributed by atoms with Crippen molar-refractivity contribution in [2.24, 2.45) is 0 Å². The summed E-state index contributed by atoms with van der Waals surface area (Å²) in [5, 5.41) is 17.9. The van der Waals surface area contributed by atoms with Gasteiger partial charge in [0.15, 0.2) is 5.82 Å². The fraction of sp³-hybridized carbons (Fsp3) is 0.375. The predicted molar refractivity (Wildman–Crippen MR) is 119 cm³/mol. The molecule has 6 nitrogen and oxygen atoms in total. The number of tetrazole rings is 1. The summed E-state index contributed by atoms with van der Waals surface area (Å²) in [6.07, 6.45) is 7.66. The van der Waals surface area contributed by atoms with E-state index in [1.807, 2.05) is 12.2 Å². The Morgan fingerprint density at radius 3 is 2.70 bits per heavy atom. The molecule has 2 N–H and O–H groups in total. The first kappa shape index (κ1) is 19.2. The van der Waals surface area contributed by atoms with Gasteiger partial charge in [-0.2, -0.15) is 5.21 Å². The zero-order chi connectivity index (χ0) is 20.2. The number of hydrogen-bond acceptors (Lipinski definition) is 5. The predicted octanol–water partition coefficient (Wildman–Crippen LogP) is 3.48. The quantitative estimate of drug-likeness (QED) is 0.635. The van der Waals surface area contributed by atoms with E-state index in [1.165, 1.54) is 30.4 Å². The molecular formula is C24H28N6. The molecule has 2 aromatic carbocycles. The van der Waals surface area contributed by atoms with Gasteiger partial charge in [0.05, 0.1) is 0 Å². The SMILES string of the molecule is C(=C\c1nn[nH]n1)/c1cccc(CN2CCC(N[C@@H]3C[C@H]3c3ccccc3)CC2)c1. The molecule has 1 aromatic heterocycles. The second-order valence-corrected chi connectivity index (χ2v) is 8.42. The number of likely N-dealkylation sites (tertiary alicyclic amines) is 1. The molecule has 2 atom stereocenters. The van der Waals surface area contributed by atoms with E-state index < -0.39 is 0 Å². The molecule has 1 saturated carbocycles. The number of H-pyrrole nitrogens is 1. The van der Waals surface area contributed by atoms with E-state index in [2.05, 4.69) is 85.4 Å². The Kier molecular flexibility index (Phi) is 5.68. The van der Waals surface area contributed by atoms with Crippen LogP contribution in [0.2, 0.25) is 0 Å². The summed E-state index contributed by atoms with van der Waals surface area (Å²) in [5.41, 5.74) is 4.00. The normalized spacial score (nSPS) is 22.5. The van der Waals surface area contributed by atoms with E-state index in [0.717, 1.165) is 25.2 Å². The number of hydrogen-bond donors (Lipinski definition) is 2. The van der Waals surface area contributed by atoms with Gasteiger partial charge in [0.2, 0.25) is 0 Å². The molecule has 2 heterocycles. The van der Waals surface area contributed by atoms with Crippen LogP contribution in [0.4, 0.5) is 0 Å². The maximum Gasteiger partial charge on any atom is 0.197 e. The van der Waals surface area contributed by atoms with Crippen LogP contribution < -0.4 is 5.32 Å². The van der Waals surface area contributed by atoms with Crippen molar-refractivity contribution in [3.8, 4) is 0 Å². The number of nitrogens with one attached hydrogen (secondary N) is 2. The first-order chi connectivity index (χ1) is 14.8. The van der Waals surface area contributed by atoms with E-state index in [4.69, 9.17) is 0 Å². The van der Waals surface area contributed by atoms with Gasteiger partial charge in [-0.15, -0.1) is 10.2 Å². The topological polar surface area (TPSA) is 69.7 Å². The van der Waals surface area contributed by atoms with Gasteiger partial charge in [-0.25, -0.2) is 0 Å². The highest BCUT2D eigenvalue weighted by Gasteiger charge is 2.39.